The van der Waals surface area contributed by atoms with Crippen molar-refractivity contribution in [1.29, 1.82) is 0 Å². The van der Waals surface area contributed by atoms with E-state index >= 15 is 0 Å². The summed E-state index contributed by atoms with van der Waals surface area (Å²) in [4.78, 5) is 17.8. The normalized spacial score (nSPS) is 12.0. The van der Waals surface area contributed by atoms with Crippen LogP contribution >= 0.6 is 0 Å². The SMILES string of the molecule is CCN(Cc1nc2ccccc2c(=O)[nH]1)S(=O)(=O)c1c(F)cccc1F. The number of benzene rings is 2. The van der Waals surface area contributed by atoms with Gasteiger partial charge < -0.3 is 4.98 Å². The molecule has 2 aromatic carbocycles. The summed E-state index contributed by atoms with van der Waals surface area (Å²) in [6.07, 6.45) is 0. The molecule has 0 aliphatic carbocycles. The fourth-order valence-electron chi connectivity index (χ4n) is 2.60. The zero-order valence-corrected chi connectivity index (χ0v) is 14.6. The van der Waals surface area contributed by atoms with Crippen LogP contribution in [0.25, 0.3) is 10.9 Å². The molecule has 0 amide bonds. The zero-order valence-electron chi connectivity index (χ0n) is 13.7. The molecule has 0 saturated heterocycles. The molecule has 0 aliphatic heterocycles. The first-order valence-electron chi connectivity index (χ1n) is 7.76. The van der Waals surface area contributed by atoms with Gasteiger partial charge in [0.1, 0.15) is 17.5 Å². The molecule has 0 spiro atoms. The van der Waals surface area contributed by atoms with E-state index in [1.165, 1.54) is 6.92 Å². The molecule has 0 bridgehead atoms. The van der Waals surface area contributed by atoms with Crippen molar-refractivity contribution in [3.63, 3.8) is 0 Å². The summed E-state index contributed by atoms with van der Waals surface area (Å²) in [6.45, 7) is 1.13. The molecule has 0 saturated carbocycles. The monoisotopic (exact) mass is 379 g/mol. The number of H-pyrrole nitrogens is 1. The molecule has 6 nitrogen and oxygen atoms in total. The number of aromatic amines is 1. The number of nitrogens with one attached hydrogen (secondary N) is 1. The van der Waals surface area contributed by atoms with Crippen LogP contribution in [0.15, 0.2) is 52.2 Å². The third kappa shape index (κ3) is 3.23. The van der Waals surface area contributed by atoms with E-state index in [2.05, 4.69) is 9.97 Å². The summed E-state index contributed by atoms with van der Waals surface area (Å²) in [5.41, 5.74) is -0.0205. The first-order valence-corrected chi connectivity index (χ1v) is 9.20. The number of sulfonamides is 1. The smallest absolute Gasteiger partial charge is 0.258 e. The van der Waals surface area contributed by atoms with Crippen molar-refractivity contribution in [2.45, 2.75) is 18.4 Å². The summed E-state index contributed by atoms with van der Waals surface area (Å²) in [5, 5.41) is 0.363. The Labute approximate surface area is 148 Å². The standard InChI is InChI=1S/C17H15F2N3O3S/c1-2-22(26(24,25)16-12(18)7-5-8-13(16)19)10-15-20-14-9-4-3-6-11(14)17(23)21-15/h3-9H,2,10H2,1H3,(H,20,21,23). The predicted molar refractivity (Wildman–Crippen MR) is 92.0 cm³/mol. The molecule has 0 radical (unpaired) electrons. The highest BCUT2D eigenvalue weighted by molar-refractivity contribution is 7.89. The summed E-state index contributed by atoms with van der Waals surface area (Å²) in [7, 11) is -4.46. The number of halogens is 2. The van der Waals surface area contributed by atoms with Gasteiger partial charge in [0.15, 0.2) is 4.90 Å². The van der Waals surface area contributed by atoms with Crippen LogP contribution in [0.1, 0.15) is 12.7 Å². The summed E-state index contributed by atoms with van der Waals surface area (Å²) < 4.78 is 54.1. The van der Waals surface area contributed by atoms with E-state index in [1.807, 2.05) is 0 Å². The minimum atomic E-state index is -4.46. The average molecular weight is 379 g/mol. The van der Waals surface area contributed by atoms with Gasteiger partial charge in [-0.25, -0.2) is 22.2 Å². The number of fused-ring (bicyclic) bond motifs is 1. The highest BCUT2D eigenvalue weighted by atomic mass is 32.2. The highest BCUT2D eigenvalue weighted by Gasteiger charge is 2.30. The summed E-state index contributed by atoms with van der Waals surface area (Å²) >= 11 is 0. The van der Waals surface area contributed by atoms with Gasteiger partial charge in [-0.1, -0.05) is 25.1 Å². The van der Waals surface area contributed by atoms with E-state index in [9.17, 15) is 22.0 Å². The van der Waals surface area contributed by atoms with E-state index < -0.39 is 32.1 Å². The van der Waals surface area contributed by atoms with Crippen LogP contribution in [-0.2, 0) is 16.6 Å². The molecule has 1 N–H and O–H groups in total. The van der Waals surface area contributed by atoms with Gasteiger partial charge >= 0.3 is 0 Å². The fraction of sp³-hybridized carbons (Fsp3) is 0.176. The largest absolute Gasteiger partial charge is 0.309 e. The van der Waals surface area contributed by atoms with Gasteiger partial charge in [0.25, 0.3) is 5.56 Å². The van der Waals surface area contributed by atoms with Crippen LogP contribution in [0.5, 0.6) is 0 Å². The number of para-hydroxylation sites is 1. The van der Waals surface area contributed by atoms with Gasteiger partial charge in [-0.3, -0.25) is 4.79 Å². The molecule has 3 aromatic rings. The van der Waals surface area contributed by atoms with E-state index in [0.717, 1.165) is 22.5 Å². The highest BCUT2D eigenvalue weighted by Crippen LogP contribution is 2.23. The van der Waals surface area contributed by atoms with Gasteiger partial charge in [-0.2, -0.15) is 4.31 Å². The van der Waals surface area contributed by atoms with Crippen LogP contribution in [0.3, 0.4) is 0 Å². The van der Waals surface area contributed by atoms with Crippen LogP contribution in [-0.4, -0.2) is 29.2 Å². The maximum absolute atomic E-state index is 13.9. The van der Waals surface area contributed by atoms with Crippen molar-refractivity contribution in [1.82, 2.24) is 14.3 Å². The van der Waals surface area contributed by atoms with E-state index in [-0.39, 0.29) is 18.9 Å². The molecule has 1 heterocycles. The average Bonchev–Trinajstić information content (AvgIpc) is 2.59. The molecule has 0 unspecified atom stereocenters. The van der Waals surface area contributed by atoms with E-state index in [4.69, 9.17) is 0 Å². The second-order valence-corrected chi connectivity index (χ2v) is 7.39. The lowest BCUT2D eigenvalue weighted by atomic mass is 10.2. The third-order valence-corrected chi connectivity index (χ3v) is 5.83. The maximum Gasteiger partial charge on any atom is 0.258 e. The topological polar surface area (TPSA) is 83.1 Å². The number of aromatic nitrogens is 2. The minimum absolute atomic E-state index is 0.0629. The minimum Gasteiger partial charge on any atom is -0.309 e. The molecule has 136 valence electrons. The molecule has 26 heavy (non-hydrogen) atoms. The molecule has 0 fully saturated rings. The number of rotatable bonds is 5. The Morgan fingerprint density at radius 2 is 1.73 bits per heavy atom. The lowest BCUT2D eigenvalue weighted by Gasteiger charge is -2.20. The quantitative estimate of drug-likeness (QED) is 0.738. The Morgan fingerprint density at radius 3 is 2.38 bits per heavy atom. The first-order chi connectivity index (χ1) is 12.3. The van der Waals surface area contributed by atoms with Crippen molar-refractivity contribution in [2.24, 2.45) is 0 Å². The Hall–Kier alpha value is -2.65. The Bertz CT molecular complexity index is 1110. The fourth-order valence-corrected chi connectivity index (χ4v) is 4.12. The number of nitrogens with zero attached hydrogens (tertiary/aromatic N) is 2. The molecular formula is C17H15F2N3O3S. The molecule has 1 aromatic heterocycles. The summed E-state index contributed by atoms with van der Waals surface area (Å²) in [5.74, 6) is -2.28. The lowest BCUT2D eigenvalue weighted by molar-refractivity contribution is 0.404. The van der Waals surface area contributed by atoms with Crippen molar-refractivity contribution < 1.29 is 17.2 Å². The van der Waals surface area contributed by atoms with Crippen LogP contribution in [0.4, 0.5) is 8.78 Å². The van der Waals surface area contributed by atoms with E-state index in [1.54, 1.807) is 24.3 Å². The van der Waals surface area contributed by atoms with Gasteiger partial charge in [0.2, 0.25) is 10.0 Å². The summed E-state index contributed by atoms with van der Waals surface area (Å²) in [6, 6.07) is 9.43. The Morgan fingerprint density at radius 1 is 1.08 bits per heavy atom. The van der Waals surface area contributed by atoms with Gasteiger partial charge in [-0.05, 0) is 24.3 Å². The third-order valence-electron chi connectivity index (χ3n) is 3.86. The molecule has 9 heteroatoms. The van der Waals surface area contributed by atoms with Crippen LogP contribution < -0.4 is 5.56 Å². The predicted octanol–water partition coefficient (Wildman–Crippen LogP) is 2.41. The zero-order chi connectivity index (χ0) is 18.9. The number of hydrogen-bond donors (Lipinski definition) is 1. The lowest BCUT2D eigenvalue weighted by Crippen LogP contribution is -2.33. The van der Waals surface area contributed by atoms with E-state index in [0.29, 0.717) is 10.9 Å². The molecule has 3 rings (SSSR count). The van der Waals surface area contributed by atoms with Crippen molar-refractivity contribution in [3.05, 3.63) is 70.3 Å². The van der Waals surface area contributed by atoms with Crippen LogP contribution in [0, 0.1) is 11.6 Å². The molecular weight excluding hydrogens is 364 g/mol. The second kappa shape index (κ2) is 6.93. The van der Waals surface area contributed by atoms with Gasteiger partial charge in [0, 0.05) is 6.54 Å². The van der Waals surface area contributed by atoms with Crippen molar-refractivity contribution in [2.75, 3.05) is 6.54 Å². The Balaban J connectivity index is 2.04. The Kier molecular flexibility index (Phi) is 4.84. The first kappa shape index (κ1) is 18.2. The van der Waals surface area contributed by atoms with Gasteiger partial charge in [-0.15, -0.1) is 0 Å². The number of hydrogen-bond acceptors (Lipinski definition) is 4. The maximum atomic E-state index is 13.9. The van der Waals surface area contributed by atoms with Crippen molar-refractivity contribution >= 4 is 20.9 Å². The van der Waals surface area contributed by atoms with Crippen LogP contribution in [0.2, 0.25) is 0 Å². The van der Waals surface area contributed by atoms with Gasteiger partial charge in [0.05, 0.1) is 17.4 Å². The molecule has 0 aliphatic rings. The molecule has 0 atom stereocenters. The second-order valence-electron chi connectivity index (χ2n) is 5.51. The van der Waals surface area contributed by atoms with Crippen molar-refractivity contribution in [3.8, 4) is 0 Å².